The summed E-state index contributed by atoms with van der Waals surface area (Å²) in [4.78, 5) is 8.42. The quantitative estimate of drug-likeness (QED) is 0.727. The highest BCUT2D eigenvalue weighted by molar-refractivity contribution is 6.05. The number of hydrogen-bond acceptors (Lipinski definition) is 1. The summed E-state index contributed by atoms with van der Waals surface area (Å²) in [5, 5.41) is 1.35. The minimum Gasteiger partial charge on any atom is -0.353 e. The maximum atomic E-state index is 4.90. The Kier molecular flexibility index (Phi) is 2.88. The number of aromatic amines is 1. The molecule has 1 aliphatic heterocycles. The van der Waals surface area contributed by atoms with Crippen molar-refractivity contribution in [3.05, 3.63) is 71.4 Å². The molecule has 0 bridgehead atoms. The molecule has 0 amide bonds. The first kappa shape index (κ1) is 12.4. The number of aliphatic imine (C=N–C) groups is 1. The van der Waals surface area contributed by atoms with Crippen molar-refractivity contribution >= 4 is 16.6 Å². The van der Waals surface area contributed by atoms with Crippen LogP contribution >= 0.6 is 0 Å². The second-order valence-corrected chi connectivity index (χ2v) is 5.79. The molecule has 0 spiro atoms. The summed E-state index contributed by atoms with van der Waals surface area (Å²) < 4.78 is 0. The summed E-state index contributed by atoms with van der Waals surface area (Å²) in [6.45, 7) is 2.12. The van der Waals surface area contributed by atoms with Crippen molar-refractivity contribution in [1.29, 1.82) is 0 Å². The highest BCUT2D eigenvalue weighted by Gasteiger charge is 2.22. The zero-order valence-corrected chi connectivity index (χ0v) is 12.1. The van der Waals surface area contributed by atoms with E-state index in [-0.39, 0.29) is 0 Å². The number of para-hydroxylation sites is 1. The van der Waals surface area contributed by atoms with Crippen LogP contribution in [0.15, 0.2) is 59.6 Å². The molecule has 0 saturated carbocycles. The summed E-state index contributed by atoms with van der Waals surface area (Å²) in [6.07, 6.45) is 2.03. The highest BCUT2D eigenvalue weighted by Crippen LogP contribution is 2.29. The normalized spacial score (nSPS) is 17.6. The van der Waals surface area contributed by atoms with Crippen LogP contribution in [0.3, 0.4) is 0 Å². The molecule has 2 heteroatoms. The number of nitrogens with one attached hydrogen (secondary N) is 1. The Morgan fingerprint density at radius 3 is 2.67 bits per heavy atom. The average Bonchev–Trinajstić information content (AvgIpc) is 2.88. The smallest absolute Gasteiger partial charge is 0.0635 e. The van der Waals surface area contributed by atoms with Gasteiger partial charge in [0.05, 0.1) is 17.4 Å². The van der Waals surface area contributed by atoms with Gasteiger partial charge in [-0.25, -0.2) is 0 Å². The molecule has 4 rings (SSSR count). The number of nitrogens with zero attached hydrogens (tertiary/aromatic N) is 1. The third-order valence-electron chi connectivity index (χ3n) is 4.31. The number of aromatic nitrogens is 1. The van der Waals surface area contributed by atoms with Crippen molar-refractivity contribution in [2.24, 2.45) is 4.99 Å². The van der Waals surface area contributed by atoms with Crippen LogP contribution in [-0.4, -0.2) is 16.7 Å². The van der Waals surface area contributed by atoms with Gasteiger partial charge in [-0.2, -0.15) is 0 Å². The molecule has 0 aliphatic carbocycles. The monoisotopic (exact) mass is 274 g/mol. The van der Waals surface area contributed by atoms with Gasteiger partial charge in [0.15, 0.2) is 0 Å². The zero-order chi connectivity index (χ0) is 14.2. The lowest BCUT2D eigenvalue weighted by Crippen LogP contribution is -2.21. The van der Waals surface area contributed by atoms with E-state index in [9.17, 15) is 0 Å². The summed E-state index contributed by atoms with van der Waals surface area (Å²) >= 11 is 0. The first-order valence-corrected chi connectivity index (χ1v) is 7.49. The first-order chi connectivity index (χ1) is 10.3. The van der Waals surface area contributed by atoms with Crippen molar-refractivity contribution in [2.45, 2.75) is 25.8 Å². The van der Waals surface area contributed by atoms with Gasteiger partial charge in [-0.05, 0) is 37.0 Å². The van der Waals surface area contributed by atoms with Gasteiger partial charge >= 0.3 is 0 Å². The molecule has 1 N–H and O–H groups in total. The average molecular weight is 274 g/mol. The summed E-state index contributed by atoms with van der Waals surface area (Å²) in [5.41, 5.74) is 6.37. The van der Waals surface area contributed by atoms with E-state index in [4.69, 9.17) is 4.99 Å². The molecule has 21 heavy (non-hydrogen) atoms. The minimum absolute atomic E-state index is 0.346. The van der Waals surface area contributed by atoms with Gasteiger partial charge in [-0.1, -0.05) is 48.5 Å². The minimum atomic E-state index is 0.346. The van der Waals surface area contributed by atoms with Crippen LogP contribution in [0.5, 0.6) is 0 Å². The molecule has 2 heterocycles. The molecule has 1 aliphatic rings. The molecule has 0 radical (unpaired) electrons. The number of hydrogen-bond donors (Lipinski definition) is 1. The molecule has 3 aromatic rings. The lowest BCUT2D eigenvalue weighted by Gasteiger charge is -2.20. The summed E-state index contributed by atoms with van der Waals surface area (Å²) in [7, 11) is 0. The molecule has 104 valence electrons. The largest absolute Gasteiger partial charge is 0.353 e. The Hall–Kier alpha value is -2.35. The van der Waals surface area contributed by atoms with Crippen LogP contribution in [0.1, 0.15) is 23.7 Å². The number of rotatable bonds is 2. The predicted molar refractivity (Wildman–Crippen MR) is 88.1 cm³/mol. The first-order valence-electron chi connectivity index (χ1n) is 7.49. The van der Waals surface area contributed by atoms with E-state index < -0.39 is 0 Å². The van der Waals surface area contributed by atoms with Crippen molar-refractivity contribution in [3.8, 4) is 0 Å². The van der Waals surface area contributed by atoms with Gasteiger partial charge in [0.2, 0.25) is 0 Å². The van der Waals surface area contributed by atoms with Crippen molar-refractivity contribution in [1.82, 2.24) is 4.98 Å². The number of benzene rings is 2. The highest BCUT2D eigenvalue weighted by atomic mass is 14.9. The number of H-pyrrole nitrogens is 1. The van der Waals surface area contributed by atoms with E-state index in [1.807, 2.05) is 0 Å². The Bertz CT molecular complexity index is 812. The van der Waals surface area contributed by atoms with Crippen LogP contribution in [0.2, 0.25) is 0 Å². The third kappa shape index (κ3) is 2.17. The lowest BCUT2D eigenvalue weighted by atomic mass is 9.93. The van der Waals surface area contributed by atoms with Gasteiger partial charge in [-0.15, -0.1) is 0 Å². The lowest BCUT2D eigenvalue weighted by molar-refractivity contribution is 0.659. The van der Waals surface area contributed by atoms with Crippen molar-refractivity contribution in [2.75, 3.05) is 0 Å². The molecule has 2 aromatic carbocycles. The van der Waals surface area contributed by atoms with Gasteiger partial charge in [0.25, 0.3) is 0 Å². The fourth-order valence-electron chi connectivity index (χ4n) is 3.34. The zero-order valence-electron chi connectivity index (χ0n) is 12.1. The van der Waals surface area contributed by atoms with Gasteiger partial charge < -0.3 is 4.98 Å². The van der Waals surface area contributed by atoms with Crippen LogP contribution < -0.4 is 0 Å². The molecular weight excluding hydrogens is 256 g/mol. The predicted octanol–water partition coefficient (Wildman–Crippen LogP) is 4.14. The second-order valence-electron chi connectivity index (χ2n) is 5.79. The Labute approximate surface area is 124 Å². The summed E-state index contributed by atoms with van der Waals surface area (Å²) in [5.74, 6) is 0. The van der Waals surface area contributed by atoms with Crippen molar-refractivity contribution in [3.63, 3.8) is 0 Å². The van der Waals surface area contributed by atoms with Crippen LogP contribution in [-0.2, 0) is 12.8 Å². The maximum Gasteiger partial charge on any atom is 0.0635 e. The standard InChI is InChI=1S/C19H18N2/c1-13-19-17(16-9-5-6-10-18(16)21-19)12-15(20-13)11-14-7-3-2-4-8-14/h2-10,15,21H,11-12H2,1H3. The Morgan fingerprint density at radius 2 is 1.81 bits per heavy atom. The molecule has 1 aromatic heterocycles. The molecular formula is C19H18N2. The number of fused-ring (bicyclic) bond motifs is 3. The topological polar surface area (TPSA) is 28.1 Å². The van der Waals surface area contributed by atoms with Crippen LogP contribution in [0.25, 0.3) is 10.9 Å². The van der Waals surface area contributed by atoms with Crippen LogP contribution in [0.4, 0.5) is 0 Å². The van der Waals surface area contributed by atoms with Gasteiger partial charge in [-0.3, -0.25) is 4.99 Å². The second kappa shape index (κ2) is 4.88. The molecule has 0 fully saturated rings. The third-order valence-corrected chi connectivity index (χ3v) is 4.31. The summed E-state index contributed by atoms with van der Waals surface area (Å²) in [6, 6.07) is 19.6. The fraction of sp³-hybridized carbons (Fsp3) is 0.211. The van der Waals surface area contributed by atoms with Gasteiger partial charge in [0.1, 0.15) is 0 Å². The maximum absolute atomic E-state index is 4.90. The SMILES string of the molecule is CC1=NC(Cc2ccccc2)Cc2c1[nH]c1ccccc21. The molecule has 1 atom stereocenters. The Morgan fingerprint density at radius 1 is 1.05 bits per heavy atom. The van der Waals surface area contributed by atoms with E-state index in [0.29, 0.717) is 6.04 Å². The van der Waals surface area contributed by atoms with E-state index in [0.717, 1.165) is 18.6 Å². The van der Waals surface area contributed by atoms with E-state index >= 15 is 0 Å². The van der Waals surface area contributed by atoms with Crippen LogP contribution in [0, 0.1) is 0 Å². The van der Waals surface area contributed by atoms with E-state index in [1.165, 1.54) is 27.7 Å². The fourth-order valence-corrected chi connectivity index (χ4v) is 3.34. The van der Waals surface area contributed by atoms with Crippen molar-refractivity contribution < 1.29 is 0 Å². The Balaban J connectivity index is 1.71. The molecule has 0 saturated heterocycles. The van der Waals surface area contributed by atoms with E-state index in [1.54, 1.807) is 0 Å². The van der Waals surface area contributed by atoms with Gasteiger partial charge in [0, 0.05) is 10.9 Å². The van der Waals surface area contributed by atoms with E-state index in [2.05, 4.69) is 66.5 Å². The molecule has 2 nitrogen and oxygen atoms in total. The molecule has 1 unspecified atom stereocenters.